The van der Waals surface area contributed by atoms with Crippen LogP contribution in [0, 0.1) is 11.3 Å². The zero-order valence-corrected chi connectivity index (χ0v) is 12.0. The zero-order chi connectivity index (χ0) is 14.2. The van der Waals surface area contributed by atoms with Crippen molar-refractivity contribution in [3.8, 4) is 6.07 Å². The van der Waals surface area contributed by atoms with Crippen LogP contribution in [0.4, 0.5) is 0 Å². The van der Waals surface area contributed by atoms with E-state index in [0.717, 1.165) is 12.1 Å². The minimum absolute atomic E-state index is 0.325. The minimum Gasteiger partial charge on any atom is -0.295 e. The summed E-state index contributed by atoms with van der Waals surface area (Å²) in [6, 6.07) is 19.8. The van der Waals surface area contributed by atoms with Crippen molar-refractivity contribution >= 4 is 0 Å². The van der Waals surface area contributed by atoms with Gasteiger partial charge < -0.3 is 0 Å². The molecule has 2 aliphatic rings. The van der Waals surface area contributed by atoms with Crippen LogP contribution >= 0.6 is 0 Å². The number of benzene rings is 2. The Balaban J connectivity index is 1.87. The average molecular weight is 274 g/mol. The molecule has 0 amide bonds. The van der Waals surface area contributed by atoms with E-state index in [-0.39, 0.29) is 0 Å². The van der Waals surface area contributed by atoms with Crippen molar-refractivity contribution in [3.63, 3.8) is 0 Å². The van der Waals surface area contributed by atoms with Gasteiger partial charge in [0.2, 0.25) is 0 Å². The van der Waals surface area contributed by atoms with Crippen LogP contribution in [0.3, 0.4) is 0 Å². The summed E-state index contributed by atoms with van der Waals surface area (Å²) in [6.45, 7) is 2.23. The van der Waals surface area contributed by atoms with Gasteiger partial charge in [0.05, 0.1) is 11.6 Å². The van der Waals surface area contributed by atoms with Gasteiger partial charge in [-0.3, -0.25) is 4.90 Å². The minimum atomic E-state index is 0.325. The topological polar surface area (TPSA) is 27.0 Å². The van der Waals surface area contributed by atoms with Gasteiger partial charge >= 0.3 is 0 Å². The van der Waals surface area contributed by atoms with Crippen LogP contribution < -0.4 is 0 Å². The maximum Gasteiger partial charge on any atom is 0.0994 e. The summed E-state index contributed by atoms with van der Waals surface area (Å²) in [5, 5.41) is 9.42. The van der Waals surface area contributed by atoms with Gasteiger partial charge in [-0.25, -0.2) is 0 Å². The molecule has 0 unspecified atom stereocenters. The molecule has 4 rings (SSSR count). The van der Waals surface area contributed by atoms with Gasteiger partial charge in [0, 0.05) is 18.5 Å². The van der Waals surface area contributed by atoms with Gasteiger partial charge in [0.15, 0.2) is 0 Å². The van der Waals surface area contributed by atoms with Crippen LogP contribution in [0.5, 0.6) is 0 Å². The normalized spacial score (nSPS) is 24.1. The monoisotopic (exact) mass is 274 g/mol. The molecule has 2 atom stereocenters. The average Bonchev–Trinajstić information content (AvgIpc) is 3.03. The van der Waals surface area contributed by atoms with Crippen molar-refractivity contribution < 1.29 is 0 Å². The number of nitrogens with zero attached hydrogens (tertiary/aromatic N) is 2. The number of nitriles is 1. The fraction of sp³-hybridized carbons (Fsp3) is 0.316. The van der Waals surface area contributed by atoms with Gasteiger partial charge in [-0.2, -0.15) is 5.26 Å². The smallest absolute Gasteiger partial charge is 0.0994 e. The Hall–Kier alpha value is -2.11. The van der Waals surface area contributed by atoms with Gasteiger partial charge in [0.25, 0.3) is 0 Å². The second-order valence-corrected chi connectivity index (χ2v) is 6.03. The lowest BCUT2D eigenvalue weighted by Gasteiger charge is -2.37. The molecular weight excluding hydrogens is 256 g/mol. The number of hydrogen-bond acceptors (Lipinski definition) is 2. The molecule has 0 aromatic heterocycles. The molecule has 21 heavy (non-hydrogen) atoms. The van der Waals surface area contributed by atoms with E-state index in [1.807, 2.05) is 12.1 Å². The van der Waals surface area contributed by atoms with Crippen molar-refractivity contribution in [1.29, 1.82) is 5.26 Å². The third-order valence-corrected chi connectivity index (χ3v) is 4.97. The second kappa shape index (κ2) is 5.02. The molecule has 0 radical (unpaired) electrons. The van der Waals surface area contributed by atoms with Crippen molar-refractivity contribution in [2.45, 2.75) is 24.8 Å². The first-order valence-electron chi connectivity index (χ1n) is 7.70. The number of fused-ring (bicyclic) bond motifs is 3. The summed E-state index contributed by atoms with van der Waals surface area (Å²) >= 11 is 0. The van der Waals surface area contributed by atoms with Crippen LogP contribution in [-0.2, 0) is 0 Å². The second-order valence-electron chi connectivity index (χ2n) is 6.03. The lowest BCUT2D eigenvalue weighted by Crippen LogP contribution is -2.34. The van der Waals surface area contributed by atoms with Gasteiger partial charge in [-0.1, -0.05) is 42.5 Å². The van der Waals surface area contributed by atoms with Crippen molar-refractivity contribution in [2.75, 3.05) is 13.1 Å². The molecule has 2 nitrogen and oxygen atoms in total. The lowest BCUT2D eigenvalue weighted by molar-refractivity contribution is 0.230. The first-order valence-corrected chi connectivity index (χ1v) is 7.70. The van der Waals surface area contributed by atoms with E-state index in [1.165, 1.54) is 36.1 Å². The molecular formula is C19H18N2. The molecule has 0 spiro atoms. The third kappa shape index (κ3) is 1.97. The highest BCUT2D eigenvalue weighted by Crippen LogP contribution is 2.44. The Bertz CT molecular complexity index is 714. The molecule has 1 fully saturated rings. The molecule has 1 saturated heterocycles. The SMILES string of the molecule is N#Cc1ccccc1[C@@H]1CN2CCC[C@@H]2c2ccccc21. The maximum atomic E-state index is 9.42. The highest BCUT2D eigenvalue weighted by atomic mass is 15.2. The van der Waals surface area contributed by atoms with E-state index in [2.05, 4.69) is 47.4 Å². The molecule has 2 aromatic rings. The van der Waals surface area contributed by atoms with E-state index in [1.54, 1.807) is 0 Å². The maximum absolute atomic E-state index is 9.42. The first kappa shape index (κ1) is 12.6. The lowest BCUT2D eigenvalue weighted by atomic mass is 9.80. The fourth-order valence-corrected chi connectivity index (χ4v) is 4.03. The molecule has 104 valence electrons. The Morgan fingerprint density at radius 2 is 1.67 bits per heavy atom. The Labute approximate surface area is 125 Å². The largest absolute Gasteiger partial charge is 0.295 e. The van der Waals surface area contributed by atoms with Crippen molar-refractivity contribution in [3.05, 3.63) is 70.8 Å². The van der Waals surface area contributed by atoms with Crippen LogP contribution in [0.2, 0.25) is 0 Å². The van der Waals surface area contributed by atoms with E-state index in [4.69, 9.17) is 0 Å². The molecule has 0 saturated carbocycles. The Kier molecular flexibility index (Phi) is 3.02. The standard InChI is InChI=1S/C19H18N2/c20-12-14-6-1-2-7-15(14)18-13-21-11-5-10-19(21)17-9-4-3-8-16(17)18/h1-4,6-9,18-19H,5,10-11,13H2/t18-,19+/m0/s1. The predicted molar refractivity (Wildman–Crippen MR) is 83.0 cm³/mol. The molecule has 2 heteroatoms. The van der Waals surface area contributed by atoms with E-state index in [0.29, 0.717) is 12.0 Å². The number of hydrogen-bond donors (Lipinski definition) is 0. The number of rotatable bonds is 1. The van der Waals surface area contributed by atoms with E-state index in [9.17, 15) is 5.26 Å². The summed E-state index contributed by atoms with van der Waals surface area (Å²) in [7, 11) is 0. The third-order valence-electron chi connectivity index (χ3n) is 4.97. The summed E-state index contributed by atoms with van der Waals surface area (Å²) < 4.78 is 0. The first-order chi connectivity index (χ1) is 10.4. The van der Waals surface area contributed by atoms with Gasteiger partial charge in [-0.15, -0.1) is 0 Å². The fourth-order valence-electron chi connectivity index (χ4n) is 4.03. The summed E-state index contributed by atoms with van der Waals surface area (Å²) in [4.78, 5) is 2.60. The highest BCUT2D eigenvalue weighted by Gasteiger charge is 2.36. The van der Waals surface area contributed by atoms with Crippen LogP contribution in [0.15, 0.2) is 48.5 Å². The summed E-state index contributed by atoms with van der Waals surface area (Å²) in [5.41, 5.74) is 4.88. The predicted octanol–water partition coefficient (Wildman–Crippen LogP) is 3.84. The quantitative estimate of drug-likeness (QED) is 0.790. The molecule has 2 heterocycles. The van der Waals surface area contributed by atoms with Gasteiger partial charge in [-0.05, 0) is 42.1 Å². The van der Waals surface area contributed by atoms with Crippen LogP contribution in [0.25, 0.3) is 0 Å². The molecule has 0 bridgehead atoms. The molecule has 0 N–H and O–H groups in total. The Morgan fingerprint density at radius 3 is 2.48 bits per heavy atom. The summed E-state index contributed by atoms with van der Waals surface area (Å²) in [6.07, 6.45) is 2.55. The molecule has 2 aromatic carbocycles. The van der Waals surface area contributed by atoms with Crippen LogP contribution in [-0.4, -0.2) is 18.0 Å². The van der Waals surface area contributed by atoms with E-state index >= 15 is 0 Å². The summed E-state index contributed by atoms with van der Waals surface area (Å²) in [5.74, 6) is 0.325. The van der Waals surface area contributed by atoms with E-state index < -0.39 is 0 Å². The van der Waals surface area contributed by atoms with Gasteiger partial charge in [0.1, 0.15) is 0 Å². The Morgan fingerprint density at radius 1 is 0.952 bits per heavy atom. The molecule has 2 aliphatic heterocycles. The molecule has 0 aliphatic carbocycles. The van der Waals surface area contributed by atoms with Crippen molar-refractivity contribution in [1.82, 2.24) is 4.90 Å². The van der Waals surface area contributed by atoms with Crippen molar-refractivity contribution in [2.24, 2.45) is 0 Å². The van der Waals surface area contributed by atoms with Crippen LogP contribution in [0.1, 0.15) is 47.1 Å². The highest BCUT2D eigenvalue weighted by molar-refractivity contribution is 5.48. The zero-order valence-electron chi connectivity index (χ0n) is 12.0.